The van der Waals surface area contributed by atoms with Crippen molar-refractivity contribution in [2.24, 2.45) is 5.73 Å². The van der Waals surface area contributed by atoms with Gasteiger partial charge in [-0.25, -0.2) is 0 Å². The van der Waals surface area contributed by atoms with Crippen LogP contribution in [0.4, 0.5) is 0 Å². The molecule has 0 aliphatic heterocycles. The number of hydrogen-bond donors (Lipinski definition) is 3. The highest BCUT2D eigenvalue weighted by molar-refractivity contribution is 5.96. The lowest BCUT2D eigenvalue weighted by Crippen LogP contribution is -2.38. The number of benzene rings is 1. The van der Waals surface area contributed by atoms with E-state index in [0.29, 0.717) is 18.7 Å². The van der Waals surface area contributed by atoms with Gasteiger partial charge >= 0.3 is 0 Å². The van der Waals surface area contributed by atoms with Crippen LogP contribution >= 0.6 is 12.4 Å². The third-order valence-electron chi connectivity index (χ3n) is 1.91. The Labute approximate surface area is 106 Å². The minimum atomic E-state index is -0.261. The van der Waals surface area contributed by atoms with Crippen LogP contribution in [-0.2, 0) is 4.79 Å². The summed E-state index contributed by atoms with van der Waals surface area (Å²) in [6.45, 7) is 0.770. The van der Waals surface area contributed by atoms with Gasteiger partial charge in [0.05, 0.1) is 6.54 Å². The lowest BCUT2D eigenvalue weighted by Gasteiger charge is -2.05. The minimum Gasteiger partial charge on any atom is -0.353 e. The summed E-state index contributed by atoms with van der Waals surface area (Å²) in [5.41, 5.74) is 5.76. The molecule has 0 atom stereocenters. The summed E-state index contributed by atoms with van der Waals surface area (Å²) in [6.07, 6.45) is 0. The second-order valence-electron chi connectivity index (χ2n) is 3.19. The lowest BCUT2D eigenvalue weighted by atomic mass is 10.2. The van der Waals surface area contributed by atoms with Crippen molar-refractivity contribution in [2.45, 2.75) is 0 Å². The fourth-order valence-electron chi connectivity index (χ4n) is 1.13. The molecule has 0 radical (unpaired) electrons. The molecule has 17 heavy (non-hydrogen) atoms. The first-order chi connectivity index (χ1) is 7.74. The maximum atomic E-state index is 11.5. The Hall–Kier alpha value is -1.59. The van der Waals surface area contributed by atoms with Crippen LogP contribution in [0.1, 0.15) is 10.4 Å². The minimum absolute atomic E-state index is 0. The number of nitrogens with one attached hydrogen (secondary N) is 2. The van der Waals surface area contributed by atoms with Crippen molar-refractivity contribution in [3.8, 4) is 0 Å². The molecule has 94 valence electrons. The predicted octanol–water partition coefficient (Wildman–Crippen LogP) is -0.0869. The number of rotatable bonds is 5. The third kappa shape index (κ3) is 5.89. The van der Waals surface area contributed by atoms with Crippen molar-refractivity contribution in [1.29, 1.82) is 0 Å². The molecule has 0 saturated carbocycles. The SMILES string of the molecule is Cl.NCCNC(=O)CNC(=O)c1ccccc1. The van der Waals surface area contributed by atoms with E-state index < -0.39 is 0 Å². The fourth-order valence-corrected chi connectivity index (χ4v) is 1.13. The molecule has 0 unspecified atom stereocenters. The number of carbonyl (C=O) groups excluding carboxylic acids is 2. The van der Waals surface area contributed by atoms with Crippen molar-refractivity contribution in [2.75, 3.05) is 19.6 Å². The average Bonchev–Trinajstić information content (AvgIpc) is 2.34. The summed E-state index contributed by atoms with van der Waals surface area (Å²) >= 11 is 0. The van der Waals surface area contributed by atoms with Gasteiger partial charge in [-0.05, 0) is 12.1 Å². The number of amides is 2. The second-order valence-corrected chi connectivity index (χ2v) is 3.19. The molecular weight excluding hydrogens is 242 g/mol. The predicted molar refractivity (Wildman–Crippen MR) is 68.1 cm³/mol. The molecular formula is C11H16ClN3O2. The first kappa shape index (κ1) is 15.4. The Morgan fingerprint density at radius 1 is 1.12 bits per heavy atom. The summed E-state index contributed by atoms with van der Waals surface area (Å²) in [7, 11) is 0. The Kier molecular flexibility index (Phi) is 7.75. The summed E-state index contributed by atoms with van der Waals surface area (Å²) in [4.78, 5) is 22.7. The molecule has 0 fully saturated rings. The summed E-state index contributed by atoms with van der Waals surface area (Å²) in [5, 5.41) is 5.08. The van der Waals surface area contributed by atoms with Crippen molar-refractivity contribution >= 4 is 24.2 Å². The number of carbonyl (C=O) groups is 2. The monoisotopic (exact) mass is 257 g/mol. The van der Waals surface area contributed by atoms with E-state index in [1.807, 2.05) is 6.07 Å². The van der Waals surface area contributed by atoms with E-state index >= 15 is 0 Å². The van der Waals surface area contributed by atoms with E-state index in [1.165, 1.54) is 0 Å². The topological polar surface area (TPSA) is 84.2 Å². The molecule has 0 heterocycles. The van der Waals surface area contributed by atoms with E-state index in [4.69, 9.17) is 5.73 Å². The Bertz CT molecular complexity index is 357. The van der Waals surface area contributed by atoms with Crippen LogP contribution in [0.2, 0.25) is 0 Å². The molecule has 5 nitrogen and oxygen atoms in total. The standard InChI is InChI=1S/C11H15N3O2.ClH/c12-6-7-13-10(15)8-14-11(16)9-4-2-1-3-5-9;/h1-5H,6-8,12H2,(H,13,15)(H,14,16);1H. The van der Waals surface area contributed by atoms with Gasteiger partial charge in [0, 0.05) is 18.7 Å². The first-order valence-corrected chi connectivity index (χ1v) is 5.04. The highest BCUT2D eigenvalue weighted by Crippen LogP contribution is 1.96. The summed E-state index contributed by atoms with van der Waals surface area (Å²) in [6, 6.07) is 8.73. The maximum Gasteiger partial charge on any atom is 0.251 e. The summed E-state index contributed by atoms with van der Waals surface area (Å²) < 4.78 is 0. The van der Waals surface area contributed by atoms with Crippen LogP contribution in [-0.4, -0.2) is 31.4 Å². The maximum absolute atomic E-state index is 11.5. The van der Waals surface area contributed by atoms with Gasteiger partial charge in [0.25, 0.3) is 5.91 Å². The Morgan fingerprint density at radius 3 is 2.35 bits per heavy atom. The number of halogens is 1. The molecule has 0 aromatic heterocycles. The zero-order valence-electron chi connectivity index (χ0n) is 9.31. The number of nitrogens with two attached hydrogens (primary N) is 1. The molecule has 6 heteroatoms. The van der Waals surface area contributed by atoms with Crippen LogP contribution in [0.5, 0.6) is 0 Å². The molecule has 2 amide bonds. The zero-order chi connectivity index (χ0) is 11.8. The zero-order valence-corrected chi connectivity index (χ0v) is 10.1. The average molecular weight is 258 g/mol. The molecule has 1 aromatic carbocycles. The molecule has 0 saturated heterocycles. The van der Waals surface area contributed by atoms with Crippen molar-refractivity contribution in [3.63, 3.8) is 0 Å². The van der Waals surface area contributed by atoms with Crippen LogP contribution in [0, 0.1) is 0 Å². The molecule has 1 aromatic rings. The third-order valence-corrected chi connectivity index (χ3v) is 1.91. The smallest absolute Gasteiger partial charge is 0.251 e. The Morgan fingerprint density at radius 2 is 1.76 bits per heavy atom. The van der Waals surface area contributed by atoms with E-state index in [1.54, 1.807) is 24.3 Å². The molecule has 4 N–H and O–H groups in total. The van der Waals surface area contributed by atoms with Gasteiger partial charge in [-0.1, -0.05) is 18.2 Å². The van der Waals surface area contributed by atoms with E-state index in [0.717, 1.165) is 0 Å². The van der Waals surface area contributed by atoms with Gasteiger partial charge in [-0.2, -0.15) is 0 Å². The quantitative estimate of drug-likeness (QED) is 0.690. The lowest BCUT2D eigenvalue weighted by molar-refractivity contribution is -0.120. The van der Waals surface area contributed by atoms with Crippen LogP contribution in [0.3, 0.4) is 0 Å². The van der Waals surface area contributed by atoms with Crippen molar-refractivity contribution < 1.29 is 9.59 Å². The van der Waals surface area contributed by atoms with Gasteiger partial charge in [0.2, 0.25) is 5.91 Å². The van der Waals surface area contributed by atoms with Crippen LogP contribution in [0.25, 0.3) is 0 Å². The molecule has 1 rings (SSSR count). The van der Waals surface area contributed by atoms with Crippen LogP contribution < -0.4 is 16.4 Å². The normalized spacial score (nSPS) is 9.00. The number of hydrogen-bond acceptors (Lipinski definition) is 3. The first-order valence-electron chi connectivity index (χ1n) is 5.04. The van der Waals surface area contributed by atoms with E-state index in [-0.39, 0.29) is 30.8 Å². The largest absolute Gasteiger partial charge is 0.353 e. The molecule has 0 aliphatic carbocycles. The Balaban J connectivity index is 0.00000256. The molecule has 0 aliphatic rings. The van der Waals surface area contributed by atoms with Gasteiger partial charge in [0.1, 0.15) is 0 Å². The van der Waals surface area contributed by atoms with Crippen molar-refractivity contribution in [3.05, 3.63) is 35.9 Å². The fraction of sp³-hybridized carbons (Fsp3) is 0.273. The van der Waals surface area contributed by atoms with Gasteiger partial charge in [0.15, 0.2) is 0 Å². The van der Waals surface area contributed by atoms with Crippen LogP contribution in [0.15, 0.2) is 30.3 Å². The van der Waals surface area contributed by atoms with E-state index in [2.05, 4.69) is 10.6 Å². The highest BCUT2D eigenvalue weighted by Gasteiger charge is 2.06. The second kappa shape index (κ2) is 8.55. The highest BCUT2D eigenvalue weighted by atomic mass is 35.5. The van der Waals surface area contributed by atoms with Gasteiger partial charge < -0.3 is 16.4 Å². The van der Waals surface area contributed by atoms with Gasteiger partial charge in [-0.15, -0.1) is 12.4 Å². The molecule has 0 bridgehead atoms. The van der Waals surface area contributed by atoms with Crippen molar-refractivity contribution in [1.82, 2.24) is 10.6 Å². The van der Waals surface area contributed by atoms with E-state index in [9.17, 15) is 9.59 Å². The van der Waals surface area contributed by atoms with Gasteiger partial charge in [-0.3, -0.25) is 9.59 Å². The summed E-state index contributed by atoms with van der Waals surface area (Å²) in [5.74, 6) is -0.502. The molecule has 0 spiro atoms.